The average molecular weight is 367 g/mol. The first-order valence-corrected chi connectivity index (χ1v) is 7.34. The highest BCUT2D eigenvalue weighted by Gasteiger charge is 2.33. The molecule has 0 aliphatic carbocycles. The van der Waals surface area contributed by atoms with Crippen LogP contribution < -0.4 is 10.6 Å². The van der Waals surface area contributed by atoms with Gasteiger partial charge in [-0.15, -0.1) is 0 Å². The van der Waals surface area contributed by atoms with Crippen LogP contribution in [0.15, 0.2) is 18.2 Å². The first-order valence-electron chi connectivity index (χ1n) is 6.97. The maximum Gasteiger partial charge on any atom is 0.417 e. The Balaban J connectivity index is 2.76. The van der Waals surface area contributed by atoms with Crippen molar-refractivity contribution in [1.82, 2.24) is 5.32 Å². The van der Waals surface area contributed by atoms with Crippen molar-refractivity contribution in [3.63, 3.8) is 0 Å². The molecular weight excluding hydrogens is 349 g/mol. The molecular formula is C15H18ClF3N2O3. The highest BCUT2D eigenvalue weighted by molar-refractivity contribution is 6.31. The molecule has 0 fully saturated rings. The highest BCUT2D eigenvalue weighted by Crippen LogP contribution is 2.36. The maximum atomic E-state index is 12.8. The van der Waals surface area contributed by atoms with E-state index in [-0.39, 0.29) is 5.69 Å². The van der Waals surface area contributed by atoms with Crippen molar-refractivity contribution < 1.29 is 27.5 Å². The van der Waals surface area contributed by atoms with E-state index in [2.05, 4.69) is 10.6 Å². The van der Waals surface area contributed by atoms with Gasteiger partial charge in [0.1, 0.15) is 11.6 Å². The summed E-state index contributed by atoms with van der Waals surface area (Å²) in [5.74, 6) is -0.698. The average Bonchev–Trinajstić information content (AvgIpc) is 2.37. The summed E-state index contributed by atoms with van der Waals surface area (Å²) in [6.07, 6.45) is -5.45. The predicted octanol–water partition coefficient (Wildman–Crippen LogP) is 4.21. The van der Waals surface area contributed by atoms with Gasteiger partial charge in [-0.05, 0) is 45.9 Å². The van der Waals surface area contributed by atoms with E-state index >= 15 is 0 Å². The monoisotopic (exact) mass is 366 g/mol. The van der Waals surface area contributed by atoms with E-state index in [0.29, 0.717) is 0 Å². The number of halogens is 4. The fourth-order valence-corrected chi connectivity index (χ4v) is 1.85. The normalized spacial score (nSPS) is 13.2. The van der Waals surface area contributed by atoms with Crippen LogP contribution in [0.2, 0.25) is 5.02 Å². The summed E-state index contributed by atoms with van der Waals surface area (Å²) in [7, 11) is 0. The molecule has 0 spiro atoms. The second-order valence-corrected chi connectivity index (χ2v) is 6.46. The molecule has 0 aliphatic rings. The van der Waals surface area contributed by atoms with Crippen molar-refractivity contribution in [3.8, 4) is 0 Å². The summed E-state index contributed by atoms with van der Waals surface area (Å²) >= 11 is 5.50. The Hall–Kier alpha value is -1.96. The number of nitrogens with one attached hydrogen (secondary N) is 2. The van der Waals surface area contributed by atoms with Gasteiger partial charge < -0.3 is 15.4 Å². The van der Waals surface area contributed by atoms with Crippen LogP contribution >= 0.6 is 11.6 Å². The minimum Gasteiger partial charge on any atom is -0.444 e. The number of anilines is 1. The molecule has 0 saturated heterocycles. The van der Waals surface area contributed by atoms with Gasteiger partial charge in [0.15, 0.2) is 0 Å². The summed E-state index contributed by atoms with van der Waals surface area (Å²) in [5, 5.41) is 4.10. The lowest BCUT2D eigenvalue weighted by Crippen LogP contribution is -2.44. The SMILES string of the molecule is C[C@@H](NC(=O)OC(C)(C)C)C(=O)Nc1ccc(Cl)c(C(F)(F)F)c1. The van der Waals surface area contributed by atoms with E-state index in [0.717, 1.165) is 12.1 Å². The van der Waals surface area contributed by atoms with Gasteiger partial charge in [0.25, 0.3) is 0 Å². The van der Waals surface area contributed by atoms with Gasteiger partial charge in [-0.25, -0.2) is 4.79 Å². The fraction of sp³-hybridized carbons (Fsp3) is 0.467. The van der Waals surface area contributed by atoms with E-state index in [9.17, 15) is 22.8 Å². The number of benzene rings is 1. The van der Waals surface area contributed by atoms with Gasteiger partial charge in [-0.2, -0.15) is 13.2 Å². The van der Waals surface area contributed by atoms with E-state index in [1.54, 1.807) is 20.8 Å². The first kappa shape index (κ1) is 20.1. The molecule has 0 heterocycles. The molecule has 0 unspecified atom stereocenters. The van der Waals surface area contributed by atoms with Crippen molar-refractivity contribution in [3.05, 3.63) is 28.8 Å². The van der Waals surface area contributed by atoms with Gasteiger partial charge in [-0.1, -0.05) is 11.6 Å². The number of carbonyl (C=O) groups is 2. The van der Waals surface area contributed by atoms with E-state index < -0.39 is 40.4 Å². The Kier molecular flexibility index (Phi) is 6.10. The van der Waals surface area contributed by atoms with Crippen LogP contribution in [0.25, 0.3) is 0 Å². The van der Waals surface area contributed by atoms with Gasteiger partial charge in [0.2, 0.25) is 5.91 Å². The summed E-state index contributed by atoms with van der Waals surface area (Å²) in [4.78, 5) is 23.5. The smallest absolute Gasteiger partial charge is 0.417 e. The minimum atomic E-state index is -4.64. The van der Waals surface area contributed by atoms with Crippen molar-refractivity contribution in [2.45, 2.75) is 45.5 Å². The summed E-state index contributed by atoms with van der Waals surface area (Å²) in [5.41, 5.74) is -1.89. The second-order valence-electron chi connectivity index (χ2n) is 6.05. The first-order chi connectivity index (χ1) is 10.8. The number of ether oxygens (including phenoxy) is 1. The molecule has 1 aromatic carbocycles. The number of rotatable bonds is 3. The minimum absolute atomic E-state index is 0.0884. The zero-order valence-corrected chi connectivity index (χ0v) is 14.3. The molecule has 0 radical (unpaired) electrons. The molecule has 1 rings (SSSR count). The molecule has 2 N–H and O–H groups in total. The topological polar surface area (TPSA) is 67.4 Å². The fourth-order valence-electron chi connectivity index (χ4n) is 1.62. The molecule has 0 aliphatic heterocycles. The number of alkyl carbamates (subject to hydrolysis) is 1. The number of alkyl halides is 3. The van der Waals surface area contributed by atoms with Crippen LogP contribution in [0.1, 0.15) is 33.3 Å². The van der Waals surface area contributed by atoms with Crippen molar-refractivity contribution >= 4 is 29.3 Å². The lowest BCUT2D eigenvalue weighted by molar-refractivity contribution is -0.137. The molecule has 0 bridgehead atoms. The molecule has 0 aromatic heterocycles. The highest BCUT2D eigenvalue weighted by atomic mass is 35.5. The van der Waals surface area contributed by atoms with Crippen LogP contribution in [0, 0.1) is 0 Å². The van der Waals surface area contributed by atoms with Gasteiger partial charge in [0.05, 0.1) is 10.6 Å². The maximum absolute atomic E-state index is 12.8. The van der Waals surface area contributed by atoms with E-state index in [1.807, 2.05) is 0 Å². The van der Waals surface area contributed by atoms with Crippen molar-refractivity contribution in [2.75, 3.05) is 5.32 Å². The third kappa shape index (κ3) is 6.27. The molecule has 5 nitrogen and oxygen atoms in total. The number of hydrogen-bond donors (Lipinski definition) is 2. The third-order valence-corrected chi connectivity index (χ3v) is 3.00. The standard InChI is InChI=1S/C15H18ClF3N2O3/c1-8(20-13(23)24-14(2,3)4)12(22)21-9-5-6-11(16)10(7-9)15(17,18)19/h5-8H,1-4H3,(H,20,23)(H,21,22)/t8-/m1/s1. The quantitative estimate of drug-likeness (QED) is 0.842. The largest absolute Gasteiger partial charge is 0.444 e. The van der Waals surface area contributed by atoms with E-state index in [4.69, 9.17) is 16.3 Å². The summed E-state index contributed by atoms with van der Waals surface area (Å²) in [6, 6.07) is 1.98. The third-order valence-electron chi connectivity index (χ3n) is 2.67. The van der Waals surface area contributed by atoms with Crippen molar-refractivity contribution in [2.24, 2.45) is 0 Å². The lowest BCUT2D eigenvalue weighted by atomic mass is 10.2. The number of carbonyl (C=O) groups excluding carboxylic acids is 2. The van der Waals surface area contributed by atoms with Crippen LogP contribution in [0.3, 0.4) is 0 Å². The summed E-state index contributed by atoms with van der Waals surface area (Å²) in [6.45, 7) is 6.34. The Bertz CT molecular complexity index is 627. The van der Waals surface area contributed by atoms with Crippen LogP contribution in [0.5, 0.6) is 0 Å². The molecule has 24 heavy (non-hydrogen) atoms. The second kappa shape index (κ2) is 7.29. The zero-order chi connectivity index (χ0) is 18.7. The zero-order valence-electron chi connectivity index (χ0n) is 13.5. The molecule has 1 atom stereocenters. The van der Waals surface area contributed by atoms with E-state index in [1.165, 1.54) is 13.0 Å². The van der Waals surface area contributed by atoms with Gasteiger partial charge in [0, 0.05) is 5.69 Å². The lowest BCUT2D eigenvalue weighted by Gasteiger charge is -2.21. The van der Waals surface area contributed by atoms with Crippen LogP contribution in [-0.2, 0) is 15.7 Å². The van der Waals surface area contributed by atoms with Crippen LogP contribution in [-0.4, -0.2) is 23.6 Å². The van der Waals surface area contributed by atoms with Crippen molar-refractivity contribution in [1.29, 1.82) is 0 Å². The molecule has 2 amide bonds. The molecule has 0 saturated carbocycles. The number of hydrogen-bond acceptors (Lipinski definition) is 3. The molecule has 134 valence electrons. The Morgan fingerprint density at radius 3 is 2.29 bits per heavy atom. The molecule has 1 aromatic rings. The van der Waals surface area contributed by atoms with Crippen LogP contribution in [0.4, 0.5) is 23.7 Å². The predicted molar refractivity (Wildman–Crippen MR) is 83.9 cm³/mol. The Labute approximate surface area is 142 Å². The summed E-state index contributed by atoms with van der Waals surface area (Å²) < 4.78 is 43.3. The van der Waals surface area contributed by atoms with Gasteiger partial charge in [-0.3, -0.25) is 4.79 Å². The Morgan fingerprint density at radius 1 is 1.21 bits per heavy atom. The van der Waals surface area contributed by atoms with Gasteiger partial charge >= 0.3 is 12.3 Å². The molecule has 9 heteroatoms. The Morgan fingerprint density at radius 2 is 1.79 bits per heavy atom. The number of amides is 2.